The van der Waals surface area contributed by atoms with Crippen LogP contribution in [0, 0.1) is 0 Å². The number of pyridine rings is 1. The van der Waals surface area contributed by atoms with Gasteiger partial charge in [-0.25, -0.2) is 0 Å². The Balaban J connectivity index is 0.00000162. The van der Waals surface area contributed by atoms with Crippen molar-refractivity contribution in [3.63, 3.8) is 0 Å². The van der Waals surface area contributed by atoms with E-state index in [0.29, 0.717) is 6.04 Å². The average Bonchev–Trinajstić information content (AvgIpc) is 2.35. The molecule has 0 saturated carbocycles. The molecule has 2 rings (SSSR count). The van der Waals surface area contributed by atoms with Crippen molar-refractivity contribution in [2.45, 2.75) is 32.4 Å². The summed E-state index contributed by atoms with van der Waals surface area (Å²) in [5, 5.41) is 3.47. The first-order chi connectivity index (χ1) is 8.29. The summed E-state index contributed by atoms with van der Waals surface area (Å²) < 4.78 is 1.05. The van der Waals surface area contributed by atoms with Crippen LogP contribution in [0.15, 0.2) is 22.8 Å². The second-order valence-corrected chi connectivity index (χ2v) is 5.50. The van der Waals surface area contributed by atoms with Gasteiger partial charge in [0.05, 0.1) is 5.69 Å². The number of nitrogens with one attached hydrogen (secondary N) is 1. The van der Waals surface area contributed by atoms with Crippen LogP contribution in [-0.2, 0) is 6.54 Å². The van der Waals surface area contributed by atoms with Gasteiger partial charge in [-0.2, -0.15) is 0 Å². The molecule has 18 heavy (non-hydrogen) atoms. The predicted molar refractivity (Wildman–Crippen MR) is 81.2 cm³/mol. The van der Waals surface area contributed by atoms with E-state index >= 15 is 0 Å². The Morgan fingerprint density at radius 1 is 1.50 bits per heavy atom. The molecule has 0 radical (unpaired) electrons. The highest BCUT2D eigenvalue weighted by molar-refractivity contribution is 9.10. The number of hydrogen-bond acceptors (Lipinski definition) is 3. The smallest absolute Gasteiger partial charge is 0.0544 e. The van der Waals surface area contributed by atoms with Gasteiger partial charge < -0.3 is 5.32 Å². The summed E-state index contributed by atoms with van der Waals surface area (Å²) in [4.78, 5) is 7.01. The van der Waals surface area contributed by atoms with E-state index in [2.05, 4.69) is 50.2 Å². The third-order valence-corrected chi connectivity index (χ3v) is 3.72. The number of piperazine rings is 1. The lowest BCUT2D eigenvalue weighted by molar-refractivity contribution is 0.142. The lowest BCUT2D eigenvalue weighted by Gasteiger charge is -2.35. The standard InChI is InChI=1S/C13H20BrN3.ClH/c1-2-3-13-9-15-6-7-17(13)10-12-5-4-11(14)8-16-12;/h4-5,8,13,15H,2-3,6-7,9-10H2,1H3;1H. The molecule has 1 fully saturated rings. The van der Waals surface area contributed by atoms with E-state index in [-0.39, 0.29) is 12.4 Å². The summed E-state index contributed by atoms with van der Waals surface area (Å²) in [7, 11) is 0. The van der Waals surface area contributed by atoms with E-state index in [9.17, 15) is 0 Å². The first-order valence-electron chi connectivity index (χ1n) is 6.35. The molecule has 1 saturated heterocycles. The number of hydrogen-bond donors (Lipinski definition) is 1. The molecular formula is C13H21BrClN3. The Hall–Kier alpha value is -0.160. The fourth-order valence-corrected chi connectivity index (χ4v) is 2.57. The first kappa shape index (κ1) is 15.9. The van der Waals surface area contributed by atoms with E-state index in [0.717, 1.165) is 36.3 Å². The van der Waals surface area contributed by atoms with Gasteiger partial charge in [0, 0.05) is 42.9 Å². The van der Waals surface area contributed by atoms with Crippen molar-refractivity contribution in [3.8, 4) is 0 Å². The predicted octanol–water partition coefficient (Wildman–Crippen LogP) is 2.84. The van der Waals surface area contributed by atoms with Gasteiger partial charge in [-0.05, 0) is 34.5 Å². The van der Waals surface area contributed by atoms with E-state index < -0.39 is 0 Å². The first-order valence-corrected chi connectivity index (χ1v) is 7.14. The SMILES string of the molecule is CCCC1CNCCN1Cc1ccc(Br)cn1.Cl. The molecule has 1 aromatic rings. The quantitative estimate of drug-likeness (QED) is 0.918. The van der Waals surface area contributed by atoms with Gasteiger partial charge in [-0.3, -0.25) is 9.88 Å². The Bertz CT molecular complexity index is 343. The second-order valence-electron chi connectivity index (χ2n) is 4.58. The molecule has 1 aliphatic heterocycles. The molecule has 1 unspecified atom stereocenters. The van der Waals surface area contributed by atoms with E-state index in [4.69, 9.17) is 0 Å². The number of nitrogens with zero attached hydrogens (tertiary/aromatic N) is 2. The minimum Gasteiger partial charge on any atom is -0.314 e. The zero-order chi connectivity index (χ0) is 12.1. The van der Waals surface area contributed by atoms with Crippen LogP contribution in [0.3, 0.4) is 0 Å². The minimum atomic E-state index is 0. The number of halogens is 2. The van der Waals surface area contributed by atoms with Crippen molar-refractivity contribution in [3.05, 3.63) is 28.5 Å². The van der Waals surface area contributed by atoms with Crippen molar-refractivity contribution in [1.82, 2.24) is 15.2 Å². The van der Waals surface area contributed by atoms with Gasteiger partial charge in [0.1, 0.15) is 0 Å². The molecule has 5 heteroatoms. The van der Waals surface area contributed by atoms with Gasteiger partial charge in [-0.1, -0.05) is 13.3 Å². The van der Waals surface area contributed by atoms with Gasteiger partial charge in [-0.15, -0.1) is 12.4 Å². The summed E-state index contributed by atoms with van der Waals surface area (Å²) in [5.74, 6) is 0. The van der Waals surface area contributed by atoms with Gasteiger partial charge in [0.15, 0.2) is 0 Å². The number of rotatable bonds is 4. The molecule has 1 aliphatic rings. The maximum Gasteiger partial charge on any atom is 0.0544 e. The average molecular weight is 335 g/mol. The molecule has 3 nitrogen and oxygen atoms in total. The zero-order valence-corrected chi connectivity index (χ0v) is 13.1. The van der Waals surface area contributed by atoms with Crippen LogP contribution >= 0.6 is 28.3 Å². The highest BCUT2D eigenvalue weighted by Crippen LogP contribution is 2.14. The molecule has 0 amide bonds. The maximum absolute atomic E-state index is 4.46. The maximum atomic E-state index is 4.46. The molecule has 0 aliphatic carbocycles. The Morgan fingerprint density at radius 2 is 2.33 bits per heavy atom. The molecule has 1 N–H and O–H groups in total. The van der Waals surface area contributed by atoms with Crippen LogP contribution in [0.5, 0.6) is 0 Å². The van der Waals surface area contributed by atoms with Crippen LogP contribution in [0.25, 0.3) is 0 Å². The monoisotopic (exact) mass is 333 g/mol. The van der Waals surface area contributed by atoms with E-state index in [1.807, 2.05) is 6.20 Å². The molecule has 1 atom stereocenters. The van der Waals surface area contributed by atoms with Gasteiger partial charge in [0.25, 0.3) is 0 Å². The largest absolute Gasteiger partial charge is 0.314 e. The molecule has 2 heterocycles. The summed E-state index contributed by atoms with van der Waals surface area (Å²) >= 11 is 3.42. The molecule has 0 bridgehead atoms. The highest BCUT2D eigenvalue weighted by Gasteiger charge is 2.21. The lowest BCUT2D eigenvalue weighted by atomic mass is 10.1. The van der Waals surface area contributed by atoms with Crippen LogP contribution in [0.2, 0.25) is 0 Å². The van der Waals surface area contributed by atoms with Gasteiger partial charge >= 0.3 is 0 Å². The van der Waals surface area contributed by atoms with Crippen molar-refractivity contribution < 1.29 is 0 Å². The minimum absolute atomic E-state index is 0. The Labute approximate surface area is 124 Å². The Kier molecular flexibility index (Phi) is 7.15. The number of aromatic nitrogens is 1. The fourth-order valence-electron chi connectivity index (χ4n) is 2.34. The van der Waals surface area contributed by atoms with Crippen LogP contribution in [0.4, 0.5) is 0 Å². The lowest BCUT2D eigenvalue weighted by Crippen LogP contribution is -2.50. The van der Waals surface area contributed by atoms with Crippen LogP contribution in [-0.4, -0.2) is 35.6 Å². The van der Waals surface area contributed by atoms with Crippen molar-refractivity contribution in [2.75, 3.05) is 19.6 Å². The van der Waals surface area contributed by atoms with Crippen molar-refractivity contribution >= 4 is 28.3 Å². The molecular weight excluding hydrogens is 314 g/mol. The summed E-state index contributed by atoms with van der Waals surface area (Å²) in [6.07, 6.45) is 4.40. The van der Waals surface area contributed by atoms with Crippen molar-refractivity contribution in [2.24, 2.45) is 0 Å². The van der Waals surface area contributed by atoms with Crippen LogP contribution in [0.1, 0.15) is 25.5 Å². The topological polar surface area (TPSA) is 28.2 Å². The summed E-state index contributed by atoms with van der Waals surface area (Å²) in [6, 6.07) is 4.84. The Morgan fingerprint density at radius 3 is 3.00 bits per heavy atom. The normalized spacial score (nSPS) is 20.4. The van der Waals surface area contributed by atoms with Crippen molar-refractivity contribution in [1.29, 1.82) is 0 Å². The van der Waals surface area contributed by atoms with E-state index in [1.54, 1.807) is 0 Å². The van der Waals surface area contributed by atoms with E-state index in [1.165, 1.54) is 12.8 Å². The zero-order valence-electron chi connectivity index (χ0n) is 10.7. The molecule has 0 aromatic carbocycles. The fraction of sp³-hybridized carbons (Fsp3) is 0.615. The summed E-state index contributed by atoms with van der Waals surface area (Å²) in [6.45, 7) is 6.56. The second kappa shape index (κ2) is 8.10. The van der Waals surface area contributed by atoms with Crippen LogP contribution < -0.4 is 5.32 Å². The van der Waals surface area contributed by atoms with Gasteiger partial charge in [0.2, 0.25) is 0 Å². The third-order valence-electron chi connectivity index (χ3n) is 3.25. The molecule has 1 aromatic heterocycles. The third kappa shape index (κ3) is 4.50. The highest BCUT2D eigenvalue weighted by atomic mass is 79.9. The molecule has 0 spiro atoms. The molecule has 102 valence electrons. The summed E-state index contributed by atoms with van der Waals surface area (Å²) in [5.41, 5.74) is 1.16.